The number of benzene rings is 2. The third-order valence-electron chi connectivity index (χ3n) is 2.25. The quantitative estimate of drug-likeness (QED) is 0.480. The fourth-order valence-corrected chi connectivity index (χ4v) is 2.15. The molecule has 0 N–H and O–H groups in total. The molecular formula is C13H9NO3S. The van der Waals surface area contributed by atoms with Crippen LogP contribution < -0.4 is 0 Å². The zero-order valence-electron chi connectivity index (χ0n) is 9.28. The molecule has 2 aromatic rings. The molecule has 5 heteroatoms. The number of non-ortho nitro benzene ring substituents is 1. The molecule has 0 saturated heterocycles. The van der Waals surface area contributed by atoms with Gasteiger partial charge in [-0.1, -0.05) is 24.3 Å². The first-order valence-corrected chi connectivity index (χ1v) is 6.00. The summed E-state index contributed by atoms with van der Waals surface area (Å²) in [6.45, 7) is 0. The standard InChI is InChI=1S/C13H9NO3S/c15-13(18-12-7-2-1-3-8-12)10-5-4-6-11(9-10)14(16)17/h1-9H. The molecule has 0 fully saturated rings. The lowest BCUT2D eigenvalue weighted by molar-refractivity contribution is -0.384. The fraction of sp³-hybridized carbons (Fsp3) is 0. The minimum absolute atomic E-state index is 0.0745. The van der Waals surface area contributed by atoms with Crippen LogP contribution in [0.3, 0.4) is 0 Å². The zero-order valence-corrected chi connectivity index (χ0v) is 10.1. The summed E-state index contributed by atoms with van der Waals surface area (Å²) >= 11 is 1.06. The van der Waals surface area contributed by atoms with E-state index in [1.165, 1.54) is 18.2 Å². The van der Waals surface area contributed by atoms with Gasteiger partial charge in [-0.25, -0.2) is 0 Å². The predicted molar refractivity (Wildman–Crippen MR) is 69.7 cm³/mol. The van der Waals surface area contributed by atoms with Gasteiger partial charge >= 0.3 is 0 Å². The van der Waals surface area contributed by atoms with Gasteiger partial charge in [0.05, 0.1) is 4.92 Å². The van der Waals surface area contributed by atoms with Gasteiger partial charge in [-0.15, -0.1) is 0 Å². The first-order valence-electron chi connectivity index (χ1n) is 5.18. The predicted octanol–water partition coefficient (Wildman–Crippen LogP) is 3.53. The van der Waals surface area contributed by atoms with Crippen molar-refractivity contribution in [3.05, 3.63) is 70.3 Å². The van der Waals surface area contributed by atoms with Crippen molar-refractivity contribution < 1.29 is 9.72 Å². The van der Waals surface area contributed by atoms with Crippen LogP contribution in [0, 0.1) is 10.1 Å². The summed E-state index contributed by atoms with van der Waals surface area (Å²) in [6, 6.07) is 14.9. The summed E-state index contributed by atoms with van der Waals surface area (Å²) in [7, 11) is 0. The lowest BCUT2D eigenvalue weighted by Gasteiger charge is -2.00. The Morgan fingerprint density at radius 2 is 1.78 bits per heavy atom. The van der Waals surface area contributed by atoms with Crippen LogP contribution >= 0.6 is 11.8 Å². The van der Waals surface area contributed by atoms with Gasteiger partial charge in [0, 0.05) is 22.6 Å². The molecule has 2 aromatic carbocycles. The molecule has 0 unspecified atom stereocenters. The molecule has 4 nitrogen and oxygen atoms in total. The molecule has 0 aromatic heterocycles. The smallest absolute Gasteiger partial charge is 0.270 e. The van der Waals surface area contributed by atoms with E-state index in [9.17, 15) is 14.9 Å². The molecule has 0 atom stereocenters. The van der Waals surface area contributed by atoms with E-state index in [4.69, 9.17) is 0 Å². The second-order valence-electron chi connectivity index (χ2n) is 3.51. The topological polar surface area (TPSA) is 60.2 Å². The molecule has 0 heterocycles. The monoisotopic (exact) mass is 259 g/mol. The third kappa shape index (κ3) is 2.95. The van der Waals surface area contributed by atoms with Crippen LogP contribution in [0.2, 0.25) is 0 Å². The summed E-state index contributed by atoms with van der Waals surface area (Å²) in [5.74, 6) is 0. The van der Waals surface area contributed by atoms with Crippen molar-refractivity contribution in [2.45, 2.75) is 4.90 Å². The van der Waals surface area contributed by atoms with E-state index in [-0.39, 0.29) is 10.8 Å². The van der Waals surface area contributed by atoms with Crippen molar-refractivity contribution >= 4 is 22.6 Å². The summed E-state index contributed by atoms with van der Waals surface area (Å²) < 4.78 is 0. The first-order chi connectivity index (χ1) is 8.66. The molecule has 0 spiro atoms. The molecule has 0 radical (unpaired) electrons. The number of rotatable bonds is 3. The molecule has 0 bridgehead atoms. The van der Waals surface area contributed by atoms with E-state index in [2.05, 4.69) is 0 Å². The number of nitro benzene ring substituents is 1. The van der Waals surface area contributed by atoms with Crippen molar-refractivity contribution in [1.29, 1.82) is 0 Å². The molecule has 0 aliphatic rings. The highest BCUT2D eigenvalue weighted by molar-refractivity contribution is 8.14. The second-order valence-corrected chi connectivity index (χ2v) is 4.56. The average Bonchev–Trinajstić information content (AvgIpc) is 2.40. The number of nitro groups is 1. The Morgan fingerprint density at radius 1 is 1.06 bits per heavy atom. The number of hydrogen-bond acceptors (Lipinski definition) is 4. The van der Waals surface area contributed by atoms with Crippen LogP contribution in [0.4, 0.5) is 5.69 Å². The van der Waals surface area contributed by atoms with Crippen molar-refractivity contribution in [2.24, 2.45) is 0 Å². The fourth-order valence-electron chi connectivity index (χ4n) is 1.40. The van der Waals surface area contributed by atoms with Gasteiger partial charge in [0.15, 0.2) is 0 Å². The summed E-state index contributed by atoms with van der Waals surface area (Å²) in [5.41, 5.74) is 0.257. The SMILES string of the molecule is O=C(Sc1ccccc1)c1cccc([N+](=O)[O-])c1. The Bertz CT molecular complexity index is 584. The Balaban J connectivity index is 2.19. The van der Waals surface area contributed by atoms with Crippen molar-refractivity contribution in [3.63, 3.8) is 0 Å². The van der Waals surface area contributed by atoms with Crippen molar-refractivity contribution in [3.8, 4) is 0 Å². The van der Waals surface area contributed by atoms with Gasteiger partial charge in [0.2, 0.25) is 5.12 Å². The highest BCUT2D eigenvalue weighted by atomic mass is 32.2. The number of carbonyl (C=O) groups is 1. The van der Waals surface area contributed by atoms with Crippen LogP contribution in [0.5, 0.6) is 0 Å². The van der Waals surface area contributed by atoms with Gasteiger partial charge in [0.25, 0.3) is 5.69 Å². The maximum Gasteiger partial charge on any atom is 0.270 e. The minimum atomic E-state index is -0.510. The van der Waals surface area contributed by atoms with E-state index in [1.807, 2.05) is 30.3 Å². The van der Waals surface area contributed by atoms with Crippen LogP contribution in [0.25, 0.3) is 0 Å². The Morgan fingerprint density at radius 3 is 2.44 bits per heavy atom. The summed E-state index contributed by atoms with van der Waals surface area (Å²) in [5, 5.41) is 10.4. The Hall–Kier alpha value is -2.14. The molecule has 18 heavy (non-hydrogen) atoms. The van der Waals surface area contributed by atoms with Gasteiger partial charge < -0.3 is 0 Å². The molecule has 0 aliphatic carbocycles. The largest absolute Gasteiger partial charge is 0.281 e. The second kappa shape index (κ2) is 5.46. The first kappa shape index (κ1) is 12.3. The Labute approximate surface area is 108 Å². The van der Waals surface area contributed by atoms with Gasteiger partial charge in [0.1, 0.15) is 0 Å². The average molecular weight is 259 g/mol. The van der Waals surface area contributed by atoms with Crippen molar-refractivity contribution in [2.75, 3.05) is 0 Å². The summed E-state index contributed by atoms with van der Waals surface area (Å²) in [4.78, 5) is 22.9. The van der Waals surface area contributed by atoms with E-state index >= 15 is 0 Å². The maximum atomic E-state index is 11.9. The normalized spacial score (nSPS) is 10.0. The lowest BCUT2D eigenvalue weighted by atomic mass is 10.2. The summed E-state index contributed by atoms with van der Waals surface area (Å²) in [6.07, 6.45) is 0. The molecule has 0 amide bonds. The van der Waals surface area contributed by atoms with Gasteiger partial charge in [-0.2, -0.15) is 0 Å². The number of thioether (sulfide) groups is 1. The zero-order chi connectivity index (χ0) is 13.0. The maximum absolute atomic E-state index is 11.9. The molecule has 0 saturated carbocycles. The van der Waals surface area contributed by atoms with E-state index in [1.54, 1.807) is 6.07 Å². The van der Waals surface area contributed by atoms with Crippen LogP contribution in [-0.2, 0) is 0 Å². The number of carbonyl (C=O) groups excluding carboxylic acids is 1. The number of hydrogen-bond donors (Lipinski definition) is 0. The van der Waals surface area contributed by atoms with Gasteiger partial charge in [-0.05, 0) is 30.0 Å². The lowest BCUT2D eigenvalue weighted by Crippen LogP contribution is -1.95. The number of nitrogens with zero attached hydrogens (tertiary/aromatic N) is 1. The van der Waals surface area contributed by atoms with E-state index < -0.39 is 4.92 Å². The molecule has 0 aliphatic heterocycles. The van der Waals surface area contributed by atoms with Crippen LogP contribution in [0.1, 0.15) is 10.4 Å². The highest BCUT2D eigenvalue weighted by Crippen LogP contribution is 2.24. The third-order valence-corrected chi connectivity index (χ3v) is 3.18. The molecule has 90 valence electrons. The van der Waals surface area contributed by atoms with Crippen LogP contribution in [-0.4, -0.2) is 10.0 Å². The van der Waals surface area contributed by atoms with Crippen molar-refractivity contribution in [1.82, 2.24) is 0 Å². The molecular weight excluding hydrogens is 250 g/mol. The van der Waals surface area contributed by atoms with Gasteiger partial charge in [-0.3, -0.25) is 14.9 Å². The van der Waals surface area contributed by atoms with E-state index in [0.717, 1.165) is 16.7 Å². The minimum Gasteiger partial charge on any atom is -0.281 e. The Kier molecular flexibility index (Phi) is 3.74. The highest BCUT2D eigenvalue weighted by Gasteiger charge is 2.12. The van der Waals surface area contributed by atoms with Crippen LogP contribution in [0.15, 0.2) is 59.5 Å². The molecule has 2 rings (SSSR count). The van der Waals surface area contributed by atoms with E-state index in [0.29, 0.717) is 5.56 Å².